The predicted octanol–water partition coefficient (Wildman–Crippen LogP) is 4.41. The highest BCUT2D eigenvalue weighted by Gasteiger charge is 2.18. The van der Waals surface area contributed by atoms with E-state index in [1.807, 2.05) is 54.6 Å². The number of morpholine rings is 1. The van der Waals surface area contributed by atoms with Crippen LogP contribution in [-0.4, -0.2) is 50.3 Å². The maximum Gasteiger partial charge on any atom is 0.255 e. The predicted molar refractivity (Wildman–Crippen MR) is 143 cm³/mol. The van der Waals surface area contributed by atoms with Gasteiger partial charge in [-0.1, -0.05) is 48.5 Å². The number of nitrogens with one attached hydrogen (secondary N) is 1. The van der Waals surface area contributed by atoms with Crippen LogP contribution in [0.4, 0.5) is 0 Å². The molecule has 190 valence electrons. The first-order chi connectivity index (χ1) is 18.1. The maximum atomic E-state index is 13.2. The minimum Gasteiger partial charge on any atom is -0.492 e. The summed E-state index contributed by atoms with van der Waals surface area (Å²) in [6.45, 7) is 6.89. The van der Waals surface area contributed by atoms with E-state index < -0.39 is 0 Å². The Morgan fingerprint density at radius 2 is 1.78 bits per heavy atom. The summed E-state index contributed by atoms with van der Waals surface area (Å²) in [6.07, 6.45) is 0. The van der Waals surface area contributed by atoms with Gasteiger partial charge in [0.15, 0.2) is 11.0 Å². The standard InChI is InChI=1S/C30H30N2O5/c1-21-27(33)25-11-6-12-26(29(25)37-28(21)23-8-3-2-4-9-23)30(34)31-20-22-7-5-10-24(19-22)36-18-15-32-13-16-35-17-14-32/h2-12,19H,13-18,20H2,1H3,(H,31,34). The van der Waals surface area contributed by atoms with Gasteiger partial charge < -0.3 is 19.2 Å². The van der Waals surface area contributed by atoms with Crippen LogP contribution in [0.3, 0.4) is 0 Å². The Morgan fingerprint density at radius 3 is 2.59 bits per heavy atom. The van der Waals surface area contributed by atoms with E-state index in [4.69, 9.17) is 13.9 Å². The molecule has 0 spiro atoms. The normalized spacial score (nSPS) is 14.0. The molecule has 7 nitrogen and oxygen atoms in total. The van der Waals surface area contributed by atoms with Gasteiger partial charge in [-0.2, -0.15) is 0 Å². The van der Waals surface area contributed by atoms with E-state index in [0.29, 0.717) is 35.4 Å². The molecule has 1 saturated heterocycles. The molecule has 5 rings (SSSR count). The van der Waals surface area contributed by atoms with Crippen molar-refractivity contribution in [1.82, 2.24) is 10.2 Å². The fourth-order valence-electron chi connectivity index (χ4n) is 4.49. The van der Waals surface area contributed by atoms with Gasteiger partial charge in [0, 0.05) is 37.3 Å². The molecule has 1 aromatic heterocycles. The summed E-state index contributed by atoms with van der Waals surface area (Å²) >= 11 is 0. The Kier molecular flexibility index (Phi) is 7.63. The van der Waals surface area contributed by atoms with Crippen LogP contribution in [0.15, 0.2) is 82.0 Å². The Balaban J connectivity index is 1.29. The first-order valence-electron chi connectivity index (χ1n) is 12.5. The van der Waals surface area contributed by atoms with Crippen LogP contribution in [0.2, 0.25) is 0 Å². The van der Waals surface area contributed by atoms with E-state index in [9.17, 15) is 9.59 Å². The van der Waals surface area contributed by atoms with Gasteiger partial charge in [0.2, 0.25) is 0 Å². The second-order valence-corrected chi connectivity index (χ2v) is 9.07. The minimum atomic E-state index is -0.310. The molecule has 4 aromatic rings. The molecule has 1 N–H and O–H groups in total. The van der Waals surface area contributed by atoms with Crippen molar-refractivity contribution in [1.29, 1.82) is 0 Å². The van der Waals surface area contributed by atoms with Crippen molar-refractivity contribution >= 4 is 16.9 Å². The average Bonchev–Trinajstić information content (AvgIpc) is 2.94. The highest BCUT2D eigenvalue weighted by molar-refractivity contribution is 6.05. The van der Waals surface area contributed by atoms with Gasteiger partial charge in [-0.05, 0) is 36.8 Å². The SMILES string of the molecule is Cc1c(-c2ccccc2)oc2c(C(=O)NCc3cccc(OCCN4CCOCC4)c3)cccc2c1=O. The van der Waals surface area contributed by atoms with E-state index >= 15 is 0 Å². The number of carbonyl (C=O) groups excluding carboxylic acids is 1. The molecule has 7 heteroatoms. The molecule has 0 unspecified atom stereocenters. The fraction of sp³-hybridized carbons (Fsp3) is 0.267. The molecule has 1 fully saturated rings. The van der Waals surface area contributed by atoms with E-state index in [0.717, 1.165) is 49.7 Å². The van der Waals surface area contributed by atoms with Gasteiger partial charge in [-0.3, -0.25) is 14.5 Å². The number of ether oxygens (including phenoxy) is 2. The Morgan fingerprint density at radius 1 is 1.00 bits per heavy atom. The molecule has 0 saturated carbocycles. The molecular formula is C30H30N2O5. The third kappa shape index (κ3) is 5.74. The molecular weight excluding hydrogens is 468 g/mol. The summed E-state index contributed by atoms with van der Waals surface area (Å²) in [5, 5.41) is 3.35. The second-order valence-electron chi connectivity index (χ2n) is 9.07. The molecule has 1 aliphatic rings. The first-order valence-corrected chi connectivity index (χ1v) is 12.5. The first kappa shape index (κ1) is 24.7. The smallest absolute Gasteiger partial charge is 0.255 e. The molecule has 3 aromatic carbocycles. The van der Waals surface area contributed by atoms with Crippen molar-refractivity contribution in [3.63, 3.8) is 0 Å². The lowest BCUT2D eigenvalue weighted by molar-refractivity contribution is 0.0322. The molecule has 0 atom stereocenters. The quantitative estimate of drug-likeness (QED) is 0.388. The number of benzene rings is 3. The van der Waals surface area contributed by atoms with Crippen LogP contribution in [-0.2, 0) is 11.3 Å². The van der Waals surface area contributed by atoms with E-state index in [2.05, 4.69) is 10.2 Å². The summed E-state index contributed by atoms with van der Waals surface area (Å²) in [7, 11) is 0. The van der Waals surface area contributed by atoms with Crippen molar-refractivity contribution < 1.29 is 18.7 Å². The summed E-state index contributed by atoms with van der Waals surface area (Å²) in [5.74, 6) is 0.926. The van der Waals surface area contributed by atoms with Crippen LogP contribution < -0.4 is 15.5 Å². The minimum absolute atomic E-state index is 0.142. The zero-order valence-electron chi connectivity index (χ0n) is 20.9. The zero-order valence-corrected chi connectivity index (χ0v) is 20.9. The van der Waals surface area contributed by atoms with Gasteiger partial charge >= 0.3 is 0 Å². The largest absolute Gasteiger partial charge is 0.492 e. The number of hydrogen-bond acceptors (Lipinski definition) is 6. The third-order valence-electron chi connectivity index (χ3n) is 6.56. The highest BCUT2D eigenvalue weighted by atomic mass is 16.5. The van der Waals surface area contributed by atoms with Crippen LogP contribution in [0.25, 0.3) is 22.3 Å². The number of nitrogens with zero attached hydrogens (tertiary/aromatic N) is 1. The van der Waals surface area contributed by atoms with Crippen LogP contribution in [0, 0.1) is 6.92 Å². The molecule has 0 bridgehead atoms. The molecule has 0 radical (unpaired) electrons. The van der Waals surface area contributed by atoms with Gasteiger partial charge in [0.1, 0.15) is 18.1 Å². The summed E-state index contributed by atoms with van der Waals surface area (Å²) in [5.41, 5.74) is 2.69. The van der Waals surface area contributed by atoms with E-state index in [-0.39, 0.29) is 16.9 Å². The molecule has 0 aliphatic carbocycles. The highest BCUT2D eigenvalue weighted by Crippen LogP contribution is 2.27. The van der Waals surface area contributed by atoms with Gasteiger partial charge in [-0.15, -0.1) is 0 Å². The van der Waals surface area contributed by atoms with Crippen molar-refractivity contribution in [3.8, 4) is 17.1 Å². The number of rotatable bonds is 8. The van der Waals surface area contributed by atoms with Crippen molar-refractivity contribution in [2.75, 3.05) is 39.5 Å². The van der Waals surface area contributed by atoms with Crippen molar-refractivity contribution in [3.05, 3.63) is 99.7 Å². The fourth-order valence-corrected chi connectivity index (χ4v) is 4.49. The van der Waals surface area contributed by atoms with Crippen molar-refractivity contribution in [2.45, 2.75) is 13.5 Å². The summed E-state index contributed by atoms with van der Waals surface area (Å²) in [6, 6.07) is 22.2. The number of fused-ring (bicyclic) bond motifs is 1. The summed E-state index contributed by atoms with van der Waals surface area (Å²) < 4.78 is 17.5. The molecule has 1 aliphatic heterocycles. The lowest BCUT2D eigenvalue weighted by Crippen LogP contribution is -2.38. The van der Waals surface area contributed by atoms with Gasteiger partial charge in [0.25, 0.3) is 5.91 Å². The number of para-hydroxylation sites is 1. The maximum absolute atomic E-state index is 13.2. The Bertz CT molecular complexity index is 1440. The molecule has 1 amide bonds. The molecule has 2 heterocycles. The second kappa shape index (κ2) is 11.4. The number of amides is 1. The van der Waals surface area contributed by atoms with E-state index in [1.54, 1.807) is 25.1 Å². The average molecular weight is 499 g/mol. The number of hydrogen-bond donors (Lipinski definition) is 1. The van der Waals surface area contributed by atoms with Gasteiger partial charge in [0.05, 0.1) is 24.2 Å². The van der Waals surface area contributed by atoms with Crippen LogP contribution in [0.5, 0.6) is 5.75 Å². The Hall–Kier alpha value is -3.94. The van der Waals surface area contributed by atoms with E-state index in [1.165, 1.54) is 0 Å². The van der Waals surface area contributed by atoms with Crippen LogP contribution in [0.1, 0.15) is 21.5 Å². The molecule has 37 heavy (non-hydrogen) atoms. The van der Waals surface area contributed by atoms with Crippen LogP contribution >= 0.6 is 0 Å². The topological polar surface area (TPSA) is 81.0 Å². The zero-order chi connectivity index (χ0) is 25.6. The monoisotopic (exact) mass is 498 g/mol. The van der Waals surface area contributed by atoms with Crippen molar-refractivity contribution in [2.24, 2.45) is 0 Å². The Labute approximate surface area is 215 Å². The van der Waals surface area contributed by atoms with Gasteiger partial charge in [-0.25, -0.2) is 0 Å². The number of carbonyl (C=O) groups is 1. The summed E-state index contributed by atoms with van der Waals surface area (Å²) in [4.78, 5) is 28.6. The lowest BCUT2D eigenvalue weighted by atomic mass is 10.0. The third-order valence-corrected chi connectivity index (χ3v) is 6.56. The lowest BCUT2D eigenvalue weighted by Gasteiger charge is -2.26.